The molecule has 1 unspecified atom stereocenters. The molecule has 0 radical (unpaired) electrons. The van der Waals surface area contributed by atoms with Crippen molar-refractivity contribution >= 4 is 11.7 Å². The minimum absolute atomic E-state index is 0.0852. The van der Waals surface area contributed by atoms with E-state index >= 15 is 0 Å². The summed E-state index contributed by atoms with van der Waals surface area (Å²) in [6.45, 7) is 3.94. The maximum atomic E-state index is 11.9. The zero-order valence-electron chi connectivity index (χ0n) is 11.1. The Kier molecular flexibility index (Phi) is 3.11. The molecule has 0 N–H and O–H groups in total. The van der Waals surface area contributed by atoms with Gasteiger partial charge in [-0.05, 0) is 35.7 Å². The van der Waals surface area contributed by atoms with Crippen LogP contribution in [-0.4, -0.2) is 31.4 Å². The highest BCUT2D eigenvalue weighted by atomic mass is 16.5. The number of hydrogen-bond acceptors (Lipinski definition) is 4. The molecule has 0 saturated carbocycles. The molecule has 1 aliphatic rings. The van der Waals surface area contributed by atoms with E-state index in [1.807, 2.05) is 38.1 Å². The number of carbonyl (C=O) groups is 1. The lowest BCUT2D eigenvalue weighted by Gasteiger charge is -2.16. The van der Waals surface area contributed by atoms with Crippen molar-refractivity contribution in [3.8, 4) is 5.75 Å². The Morgan fingerprint density at radius 1 is 1.22 bits per heavy atom. The summed E-state index contributed by atoms with van der Waals surface area (Å²) in [6.07, 6.45) is 0. The van der Waals surface area contributed by atoms with Crippen molar-refractivity contribution in [2.75, 3.05) is 14.2 Å². The van der Waals surface area contributed by atoms with Crippen molar-refractivity contribution < 1.29 is 14.3 Å². The molecule has 2 rings (SSSR count). The van der Waals surface area contributed by atoms with Crippen molar-refractivity contribution in [1.82, 2.24) is 0 Å². The van der Waals surface area contributed by atoms with Gasteiger partial charge in [0.25, 0.3) is 0 Å². The fourth-order valence-corrected chi connectivity index (χ4v) is 2.12. The number of esters is 1. The number of rotatable bonds is 4. The molecule has 4 nitrogen and oxygen atoms in total. The Bertz CT molecular complexity index is 490. The van der Waals surface area contributed by atoms with Gasteiger partial charge in [-0.25, -0.2) is 4.79 Å². The lowest BCUT2D eigenvalue weighted by atomic mass is 9.87. The molecule has 0 spiro atoms. The van der Waals surface area contributed by atoms with E-state index in [9.17, 15) is 4.79 Å². The molecule has 0 amide bonds. The second-order valence-electron chi connectivity index (χ2n) is 4.60. The first-order valence-electron chi connectivity index (χ1n) is 5.89. The van der Waals surface area contributed by atoms with Gasteiger partial charge in [0.2, 0.25) is 5.54 Å². The molecule has 0 fully saturated rings. The molecule has 1 aliphatic heterocycles. The van der Waals surface area contributed by atoms with E-state index in [1.165, 1.54) is 7.11 Å². The first kappa shape index (κ1) is 12.6. The third kappa shape index (κ3) is 1.78. The molecule has 1 atom stereocenters. The maximum absolute atomic E-state index is 11.9. The summed E-state index contributed by atoms with van der Waals surface area (Å²) in [5.74, 6) is 0.582. The van der Waals surface area contributed by atoms with E-state index in [0.717, 1.165) is 17.0 Å². The molecule has 1 heterocycles. The Morgan fingerprint density at radius 3 is 2.28 bits per heavy atom. The van der Waals surface area contributed by atoms with Crippen LogP contribution < -0.4 is 4.74 Å². The molecule has 0 aliphatic carbocycles. The zero-order valence-corrected chi connectivity index (χ0v) is 11.1. The number of carbonyl (C=O) groups excluding carboxylic acids is 1. The maximum Gasteiger partial charge on any atom is 0.340 e. The molecule has 1 aromatic rings. The molecule has 4 heteroatoms. The van der Waals surface area contributed by atoms with E-state index in [1.54, 1.807) is 7.11 Å². The largest absolute Gasteiger partial charge is 0.497 e. The van der Waals surface area contributed by atoms with Crippen LogP contribution in [0.2, 0.25) is 0 Å². The molecule has 0 saturated heterocycles. The predicted molar refractivity (Wildman–Crippen MR) is 69.1 cm³/mol. The summed E-state index contributed by atoms with van der Waals surface area (Å²) in [5, 5.41) is 0. The standard InChI is InChI=1S/C14H17NO3/c1-9(2)14(13(16)18-4)12(15-14)10-5-7-11(17-3)8-6-10/h5-9H,1-4H3. The van der Waals surface area contributed by atoms with Gasteiger partial charge in [0.15, 0.2) is 0 Å². The van der Waals surface area contributed by atoms with E-state index in [4.69, 9.17) is 9.47 Å². The predicted octanol–water partition coefficient (Wildman–Crippen LogP) is 2.07. The molecule has 0 bridgehead atoms. The first-order chi connectivity index (χ1) is 8.56. The van der Waals surface area contributed by atoms with Crippen molar-refractivity contribution in [3.63, 3.8) is 0 Å². The summed E-state index contributed by atoms with van der Waals surface area (Å²) in [7, 11) is 3.02. The van der Waals surface area contributed by atoms with Gasteiger partial charge < -0.3 is 9.47 Å². The summed E-state index contributed by atoms with van der Waals surface area (Å²) >= 11 is 0. The Balaban J connectivity index is 2.25. The zero-order chi connectivity index (χ0) is 13.3. The molecule has 18 heavy (non-hydrogen) atoms. The second-order valence-corrected chi connectivity index (χ2v) is 4.60. The van der Waals surface area contributed by atoms with Crippen molar-refractivity contribution in [3.05, 3.63) is 29.8 Å². The van der Waals surface area contributed by atoms with Crippen LogP contribution in [0.5, 0.6) is 5.75 Å². The lowest BCUT2D eigenvalue weighted by Crippen LogP contribution is -2.37. The SMILES string of the molecule is COC(=O)C1(C(C)C)N=C1c1ccc(OC)cc1. The topological polar surface area (TPSA) is 47.9 Å². The number of hydrogen-bond donors (Lipinski definition) is 0. The normalized spacial score (nSPS) is 21.5. The number of benzene rings is 1. The summed E-state index contributed by atoms with van der Waals surface area (Å²) in [4.78, 5) is 16.3. The molecule has 96 valence electrons. The minimum atomic E-state index is -0.788. The van der Waals surface area contributed by atoms with Crippen LogP contribution in [0.25, 0.3) is 0 Å². The fourth-order valence-electron chi connectivity index (χ4n) is 2.12. The average Bonchev–Trinajstić information content (AvgIpc) is 3.14. The van der Waals surface area contributed by atoms with Gasteiger partial charge in [-0.3, -0.25) is 4.99 Å². The van der Waals surface area contributed by atoms with E-state index < -0.39 is 5.54 Å². The Morgan fingerprint density at radius 2 is 1.83 bits per heavy atom. The molecular formula is C14H17NO3. The van der Waals surface area contributed by atoms with Crippen molar-refractivity contribution in [2.45, 2.75) is 19.4 Å². The number of ether oxygens (including phenoxy) is 2. The first-order valence-corrected chi connectivity index (χ1v) is 5.89. The van der Waals surface area contributed by atoms with Gasteiger partial charge in [0.1, 0.15) is 5.75 Å². The number of methoxy groups -OCH3 is 2. The van der Waals surface area contributed by atoms with Gasteiger partial charge in [-0.15, -0.1) is 0 Å². The van der Waals surface area contributed by atoms with Gasteiger partial charge in [0, 0.05) is 0 Å². The summed E-state index contributed by atoms with van der Waals surface area (Å²) in [6, 6.07) is 7.53. The van der Waals surface area contributed by atoms with Crippen LogP contribution in [0.15, 0.2) is 29.3 Å². The Hall–Kier alpha value is -1.84. The van der Waals surface area contributed by atoms with E-state index in [2.05, 4.69) is 4.99 Å². The molecule has 0 aromatic heterocycles. The molecule has 1 aromatic carbocycles. The van der Waals surface area contributed by atoms with Crippen molar-refractivity contribution in [2.24, 2.45) is 10.9 Å². The third-order valence-electron chi connectivity index (χ3n) is 3.29. The Labute approximate surface area is 107 Å². The quantitative estimate of drug-likeness (QED) is 0.765. The van der Waals surface area contributed by atoms with Gasteiger partial charge in [-0.2, -0.15) is 0 Å². The average molecular weight is 247 g/mol. The van der Waals surface area contributed by atoms with E-state index in [0.29, 0.717) is 0 Å². The highest BCUT2D eigenvalue weighted by Gasteiger charge is 2.58. The second kappa shape index (κ2) is 4.44. The monoisotopic (exact) mass is 247 g/mol. The highest BCUT2D eigenvalue weighted by Crippen LogP contribution is 2.40. The van der Waals surface area contributed by atoms with Crippen molar-refractivity contribution in [1.29, 1.82) is 0 Å². The minimum Gasteiger partial charge on any atom is -0.497 e. The van der Waals surface area contributed by atoms with Crippen LogP contribution in [-0.2, 0) is 9.53 Å². The number of aliphatic imine (C=N–C) groups is 1. The van der Waals surface area contributed by atoms with Crippen LogP contribution in [0.3, 0.4) is 0 Å². The van der Waals surface area contributed by atoms with Gasteiger partial charge >= 0.3 is 5.97 Å². The fraction of sp³-hybridized carbons (Fsp3) is 0.429. The van der Waals surface area contributed by atoms with E-state index in [-0.39, 0.29) is 11.9 Å². The highest BCUT2D eigenvalue weighted by molar-refractivity contribution is 6.29. The lowest BCUT2D eigenvalue weighted by molar-refractivity contribution is -0.144. The van der Waals surface area contributed by atoms with Gasteiger partial charge in [-0.1, -0.05) is 13.8 Å². The van der Waals surface area contributed by atoms with Crippen LogP contribution >= 0.6 is 0 Å². The smallest absolute Gasteiger partial charge is 0.340 e. The third-order valence-corrected chi connectivity index (χ3v) is 3.29. The van der Waals surface area contributed by atoms with Crippen LogP contribution in [0.4, 0.5) is 0 Å². The van der Waals surface area contributed by atoms with Crippen LogP contribution in [0, 0.1) is 5.92 Å². The summed E-state index contributed by atoms with van der Waals surface area (Å²) < 4.78 is 9.96. The number of nitrogens with zero attached hydrogens (tertiary/aromatic N) is 1. The van der Waals surface area contributed by atoms with Gasteiger partial charge in [0.05, 0.1) is 19.9 Å². The summed E-state index contributed by atoms with van der Waals surface area (Å²) in [5.41, 5.74) is 0.950. The van der Waals surface area contributed by atoms with Crippen LogP contribution in [0.1, 0.15) is 19.4 Å². The molecular weight excluding hydrogens is 230 g/mol.